The van der Waals surface area contributed by atoms with Crippen molar-refractivity contribution in [3.8, 4) is 0 Å². The van der Waals surface area contributed by atoms with Gasteiger partial charge in [0.2, 0.25) is 0 Å². The number of nitrogens with zero attached hydrogens (tertiary/aromatic N) is 1. The molecule has 0 amide bonds. The van der Waals surface area contributed by atoms with E-state index in [1.165, 1.54) is 62.0 Å². The molecule has 20 heavy (non-hydrogen) atoms. The highest BCUT2D eigenvalue weighted by molar-refractivity contribution is 5.55. The van der Waals surface area contributed by atoms with Crippen LogP contribution < -0.4 is 10.2 Å². The van der Waals surface area contributed by atoms with Crippen LogP contribution in [0.2, 0.25) is 0 Å². The Hall–Kier alpha value is -1.02. The smallest absolute Gasteiger partial charge is 0.0396 e. The molecule has 1 aliphatic heterocycles. The normalized spacial score (nSPS) is 26.4. The van der Waals surface area contributed by atoms with Crippen molar-refractivity contribution >= 4 is 5.69 Å². The van der Waals surface area contributed by atoms with E-state index in [9.17, 15) is 0 Å². The number of piperidine rings is 1. The zero-order valence-corrected chi connectivity index (χ0v) is 13.0. The lowest BCUT2D eigenvalue weighted by molar-refractivity contribution is 0.202. The predicted molar refractivity (Wildman–Crippen MR) is 86.2 cm³/mol. The second-order valence-electron chi connectivity index (χ2n) is 6.69. The van der Waals surface area contributed by atoms with Crippen LogP contribution in [0.25, 0.3) is 0 Å². The van der Waals surface area contributed by atoms with Crippen LogP contribution in [0.5, 0.6) is 0 Å². The summed E-state index contributed by atoms with van der Waals surface area (Å²) >= 11 is 0. The Morgan fingerprint density at radius 1 is 1.15 bits per heavy atom. The SMILES string of the molecule is CNCc1ccc(N2CCC3CCCCC3C2)c(C)c1. The number of nitrogens with one attached hydrogen (secondary N) is 1. The molecule has 0 aromatic heterocycles. The number of fused-ring (bicyclic) bond motifs is 1. The molecule has 2 unspecified atom stereocenters. The Kier molecular flexibility index (Phi) is 4.30. The fourth-order valence-corrected chi connectivity index (χ4v) is 4.21. The van der Waals surface area contributed by atoms with E-state index in [1.54, 1.807) is 0 Å². The van der Waals surface area contributed by atoms with Crippen molar-refractivity contribution in [2.75, 3.05) is 25.0 Å². The molecule has 2 heteroatoms. The van der Waals surface area contributed by atoms with Gasteiger partial charge >= 0.3 is 0 Å². The molecule has 1 aromatic rings. The van der Waals surface area contributed by atoms with Crippen molar-refractivity contribution in [1.82, 2.24) is 5.32 Å². The summed E-state index contributed by atoms with van der Waals surface area (Å²) in [4.78, 5) is 2.64. The van der Waals surface area contributed by atoms with Crippen LogP contribution in [0.15, 0.2) is 18.2 Å². The highest BCUT2D eigenvalue weighted by Crippen LogP contribution is 2.38. The van der Waals surface area contributed by atoms with Gasteiger partial charge in [0.15, 0.2) is 0 Å². The summed E-state index contributed by atoms with van der Waals surface area (Å²) in [5, 5.41) is 3.23. The average molecular weight is 272 g/mol. The van der Waals surface area contributed by atoms with Gasteiger partial charge in [-0.1, -0.05) is 31.4 Å². The second kappa shape index (κ2) is 6.17. The van der Waals surface area contributed by atoms with Gasteiger partial charge in [-0.15, -0.1) is 0 Å². The number of benzene rings is 1. The first kappa shape index (κ1) is 13.9. The number of hydrogen-bond donors (Lipinski definition) is 1. The summed E-state index contributed by atoms with van der Waals surface area (Å²) in [5.41, 5.74) is 4.29. The van der Waals surface area contributed by atoms with E-state index in [0.717, 1.165) is 18.4 Å². The molecule has 2 nitrogen and oxygen atoms in total. The van der Waals surface area contributed by atoms with Crippen molar-refractivity contribution in [3.05, 3.63) is 29.3 Å². The quantitative estimate of drug-likeness (QED) is 0.902. The van der Waals surface area contributed by atoms with Crippen molar-refractivity contribution in [2.45, 2.75) is 45.6 Å². The summed E-state index contributed by atoms with van der Waals surface area (Å²) in [5.74, 6) is 1.97. The summed E-state index contributed by atoms with van der Waals surface area (Å²) in [6.07, 6.45) is 7.27. The first-order valence-electron chi connectivity index (χ1n) is 8.27. The summed E-state index contributed by atoms with van der Waals surface area (Å²) in [6, 6.07) is 6.97. The zero-order valence-electron chi connectivity index (χ0n) is 13.0. The first-order valence-corrected chi connectivity index (χ1v) is 8.27. The van der Waals surface area contributed by atoms with Crippen LogP contribution in [0.3, 0.4) is 0 Å². The second-order valence-corrected chi connectivity index (χ2v) is 6.69. The third-order valence-corrected chi connectivity index (χ3v) is 5.27. The molecule has 1 saturated carbocycles. The van der Waals surface area contributed by atoms with Gasteiger partial charge in [-0.2, -0.15) is 0 Å². The number of aryl methyl sites for hydroxylation is 1. The maximum absolute atomic E-state index is 3.23. The molecule has 0 bridgehead atoms. The molecule has 1 N–H and O–H groups in total. The Morgan fingerprint density at radius 2 is 1.95 bits per heavy atom. The highest BCUT2D eigenvalue weighted by Gasteiger charge is 2.31. The summed E-state index contributed by atoms with van der Waals surface area (Å²) in [6.45, 7) is 5.78. The van der Waals surface area contributed by atoms with E-state index in [1.807, 2.05) is 7.05 Å². The molecule has 1 heterocycles. The molecular formula is C18H28N2. The van der Waals surface area contributed by atoms with Gasteiger partial charge < -0.3 is 10.2 Å². The number of anilines is 1. The van der Waals surface area contributed by atoms with E-state index in [2.05, 4.69) is 35.3 Å². The lowest BCUT2D eigenvalue weighted by Gasteiger charge is -2.42. The van der Waals surface area contributed by atoms with Crippen molar-refractivity contribution in [3.63, 3.8) is 0 Å². The fraction of sp³-hybridized carbons (Fsp3) is 0.667. The monoisotopic (exact) mass is 272 g/mol. The van der Waals surface area contributed by atoms with Crippen LogP contribution in [0.4, 0.5) is 5.69 Å². The van der Waals surface area contributed by atoms with E-state index < -0.39 is 0 Å². The molecule has 1 aliphatic carbocycles. The Bertz CT molecular complexity index is 455. The van der Waals surface area contributed by atoms with E-state index in [0.29, 0.717) is 0 Å². The van der Waals surface area contributed by atoms with Crippen LogP contribution in [-0.4, -0.2) is 20.1 Å². The van der Waals surface area contributed by atoms with Gasteiger partial charge in [0.05, 0.1) is 0 Å². The lowest BCUT2D eigenvalue weighted by atomic mass is 9.75. The first-order chi connectivity index (χ1) is 9.78. The van der Waals surface area contributed by atoms with E-state index >= 15 is 0 Å². The number of rotatable bonds is 3. The van der Waals surface area contributed by atoms with Crippen LogP contribution in [0.1, 0.15) is 43.2 Å². The fourth-order valence-electron chi connectivity index (χ4n) is 4.21. The van der Waals surface area contributed by atoms with Gasteiger partial charge in [0.1, 0.15) is 0 Å². The summed E-state index contributed by atoms with van der Waals surface area (Å²) in [7, 11) is 2.01. The maximum atomic E-state index is 3.23. The Morgan fingerprint density at radius 3 is 2.70 bits per heavy atom. The molecule has 0 radical (unpaired) electrons. The standard InChI is InChI=1S/C18H28N2/c1-14-11-15(12-19-2)7-8-18(14)20-10-9-16-5-3-4-6-17(16)13-20/h7-8,11,16-17,19H,3-6,9-10,12-13H2,1-2H3. The maximum Gasteiger partial charge on any atom is 0.0396 e. The van der Waals surface area contributed by atoms with Gasteiger partial charge in [-0.05, 0) is 55.8 Å². The molecule has 1 saturated heterocycles. The number of hydrogen-bond acceptors (Lipinski definition) is 2. The zero-order chi connectivity index (χ0) is 13.9. The van der Waals surface area contributed by atoms with Crippen molar-refractivity contribution < 1.29 is 0 Å². The third-order valence-electron chi connectivity index (χ3n) is 5.27. The Labute approximate surface area is 123 Å². The van der Waals surface area contributed by atoms with Gasteiger partial charge in [0.25, 0.3) is 0 Å². The molecule has 1 aromatic carbocycles. The topological polar surface area (TPSA) is 15.3 Å². The summed E-state index contributed by atoms with van der Waals surface area (Å²) < 4.78 is 0. The lowest BCUT2D eigenvalue weighted by Crippen LogP contribution is -2.42. The Balaban J connectivity index is 1.72. The third kappa shape index (κ3) is 2.85. The molecule has 2 aliphatic rings. The van der Waals surface area contributed by atoms with Crippen LogP contribution >= 0.6 is 0 Å². The van der Waals surface area contributed by atoms with E-state index in [-0.39, 0.29) is 0 Å². The van der Waals surface area contributed by atoms with Gasteiger partial charge in [0, 0.05) is 25.3 Å². The van der Waals surface area contributed by atoms with Gasteiger partial charge in [-0.3, -0.25) is 0 Å². The van der Waals surface area contributed by atoms with Crippen molar-refractivity contribution in [2.24, 2.45) is 11.8 Å². The minimum Gasteiger partial charge on any atom is -0.371 e. The molecule has 110 valence electrons. The minimum absolute atomic E-state index is 0.953. The minimum atomic E-state index is 0.953. The molecule has 2 fully saturated rings. The van der Waals surface area contributed by atoms with Crippen LogP contribution in [0, 0.1) is 18.8 Å². The largest absolute Gasteiger partial charge is 0.371 e. The highest BCUT2D eigenvalue weighted by atomic mass is 15.1. The van der Waals surface area contributed by atoms with Crippen LogP contribution in [-0.2, 0) is 6.54 Å². The van der Waals surface area contributed by atoms with Crippen molar-refractivity contribution in [1.29, 1.82) is 0 Å². The predicted octanol–water partition coefficient (Wildman–Crippen LogP) is 3.73. The molecular weight excluding hydrogens is 244 g/mol. The average Bonchev–Trinajstić information content (AvgIpc) is 2.47. The molecule has 0 spiro atoms. The molecule has 2 atom stereocenters. The molecule has 3 rings (SSSR count). The van der Waals surface area contributed by atoms with Gasteiger partial charge in [-0.25, -0.2) is 0 Å². The van der Waals surface area contributed by atoms with E-state index in [4.69, 9.17) is 0 Å².